The van der Waals surface area contributed by atoms with Crippen LogP contribution in [0.15, 0.2) is 11.1 Å². The SMILES string of the molecule is Nc1nc2c(ncn2[C@@H]2O[C@H](COP(=O)(O)OP(=O)(O)O[C@H]3O[C@@H](CCO)[C@@H](O)[C@@H](O)[C@@H]3O)[C@@H](O)[C@H]2O)c(=O)[nH]1. The van der Waals surface area contributed by atoms with Crippen LogP contribution in [0.4, 0.5) is 5.95 Å². The van der Waals surface area contributed by atoms with Crippen LogP contribution in [0.2, 0.25) is 0 Å². The number of nitrogens with two attached hydrogens (primary N) is 1. The molecule has 0 bridgehead atoms. The van der Waals surface area contributed by atoms with Gasteiger partial charge < -0.3 is 55.6 Å². The highest BCUT2D eigenvalue weighted by Crippen LogP contribution is 2.61. The molecule has 11 atom stereocenters. The van der Waals surface area contributed by atoms with E-state index in [1.165, 1.54) is 0 Å². The van der Waals surface area contributed by atoms with Gasteiger partial charge in [-0.1, -0.05) is 0 Å². The lowest BCUT2D eigenvalue weighted by Crippen LogP contribution is -2.58. The van der Waals surface area contributed by atoms with Crippen LogP contribution in [-0.4, -0.2) is 122 Å². The van der Waals surface area contributed by atoms with Gasteiger partial charge in [0.15, 0.2) is 23.7 Å². The van der Waals surface area contributed by atoms with Gasteiger partial charge in [0.05, 0.1) is 19.0 Å². The molecule has 2 fully saturated rings. The number of H-pyrrole nitrogens is 1. The van der Waals surface area contributed by atoms with E-state index in [1.54, 1.807) is 0 Å². The lowest BCUT2D eigenvalue weighted by Gasteiger charge is -2.40. The van der Waals surface area contributed by atoms with Crippen molar-refractivity contribution in [2.24, 2.45) is 0 Å². The Balaban J connectivity index is 1.39. The summed E-state index contributed by atoms with van der Waals surface area (Å²) in [5.74, 6) is -0.276. The van der Waals surface area contributed by atoms with Gasteiger partial charge in [0.2, 0.25) is 5.95 Å². The third kappa shape index (κ3) is 6.44. The Morgan fingerprint density at radius 1 is 1.00 bits per heavy atom. The van der Waals surface area contributed by atoms with Gasteiger partial charge in [0.1, 0.15) is 36.6 Å². The van der Waals surface area contributed by atoms with Gasteiger partial charge in [0.25, 0.3) is 5.56 Å². The van der Waals surface area contributed by atoms with Crippen molar-refractivity contribution in [3.8, 4) is 0 Å². The summed E-state index contributed by atoms with van der Waals surface area (Å²) in [6.07, 6.45) is -14.8. The van der Waals surface area contributed by atoms with Gasteiger partial charge in [-0.05, 0) is 6.42 Å². The molecule has 2 aromatic rings. The molecule has 2 aromatic heterocycles. The van der Waals surface area contributed by atoms with Crippen LogP contribution in [0.3, 0.4) is 0 Å². The minimum atomic E-state index is -5.58. The molecule has 11 N–H and O–H groups in total. The number of imidazole rings is 1. The lowest BCUT2D eigenvalue weighted by molar-refractivity contribution is -0.277. The first-order chi connectivity index (χ1) is 18.6. The van der Waals surface area contributed by atoms with Crippen molar-refractivity contribution in [1.82, 2.24) is 19.5 Å². The molecule has 4 heterocycles. The summed E-state index contributed by atoms with van der Waals surface area (Å²) in [4.78, 5) is 41.8. The number of hydrogen-bond donors (Lipinski definition) is 10. The first kappa shape index (κ1) is 31.0. The molecular weight excluding hydrogens is 592 g/mol. The molecule has 4 rings (SSSR count). The van der Waals surface area contributed by atoms with Crippen LogP contribution < -0.4 is 11.3 Å². The second kappa shape index (κ2) is 11.8. The molecule has 2 aliphatic rings. The number of fused-ring (bicyclic) bond motifs is 1. The third-order valence-corrected chi connectivity index (χ3v) is 8.59. The highest BCUT2D eigenvalue weighted by atomic mass is 31.3. The number of nitrogens with zero attached hydrogens (tertiary/aromatic N) is 3. The van der Waals surface area contributed by atoms with Crippen molar-refractivity contribution >= 4 is 32.8 Å². The molecule has 0 aliphatic carbocycles. The molecule has 0 aromatic carbocycles. The fourth-order valence-corrected chi connectivity index (χ4v) is 6.23. The van der Waals surface area contributed by atoms with E-state index >= 15 is 0 Å². The zero-order valence-electron chi connectivity index (χ0n) is 20.1. The van der Waals surface area contributed by atoms with Gasteiger partial charge in [-0.25, -0.2) is 14.1 Å². The average Bonchev–Trinajstić information content (AvgIpc) is 3.39. The number of rotatable bonds is 10. The Morgan fingerprint density at radius 3 is 2.35 bits per heavy atom. The van der Waals surface area contributed by atoms with Gasteiger partial charge in [-0.2, -0.15) is 9.29 Å². The smallest absolute Gasteiger partial charge is 0.396 e. The van der Waals surface area contributed by atoms with Crippen molar-refractivity contribution in [3.63, 3.8) is 0 Å². The first-order valence-electron chi connectivity index (χ1n) is 11.4. The molecule has 40 heavy (non-hydrogen) atoms. The summed E-state index contributed by atoms with van der Waals surface area (Å²) in [6.45, 7) is -1.52. The molecule has 0 saturated carbocycles. The van der Waals surface area contributed by atoms with E-state index in [9.17, 15) is 49.2 Å². The van der Waals surface area contributed by atoms with Crippen molar-refractivity contribution < 1.29 is 72.4 Å². The predicted octanol–water partition coefficient (Wildman–Crippen LogP) is -4.24. The Hall–Kier alpha value is -1.91. The lowest BCUT2D eigenvalue weighted by atomic mass is 9.97. The molecule has 226 valence electrons. The van der Waals surface area contributed by atoms with Crippen molar-refractivity contribution in [2.75, 3.05) is 18.9 Å². The number of anilines is 1. The second-order valence-corrected chi connectivity index (χ2v) is 11.8. The molecule has 0 spiro atoms. The largest absolute Gasteiger partial charge is 0.483 e. The summed E-state index contributed by atoms with van der Waals surface area (Å²) in [6, 6.07) is 0. The number of phosphoric ester groups is 2. The molecule has 23 heteroatoms. The average molecular weight is 619 g/mol. The molecule has 21 nitrogen and oxygen atoms in total. The van der Waals surface area contributed by atoms with E-state index in [1.807, 2.05) is 0 Å². The van der Waals surface area contributed by atoms with E-state index < -0.39 is 89.7 Å². The molecule has 0 radical (unpaired) electrons. The maximum absolute atomic E-state index is 12.3. The third-order valence-electron chi connectivity index (χ3n) is 5.99. The predicted molar refractivity (Wildman–Crippen MR) is 125 cm³/mol. The fourth-order valence-electron chi connectivity index (χ4n) is 4.07. The number of nitrogen functional groups attached to an aromatic ring is 1. The summed E-state index contributed by atoms with van der Waals surface area (Å²) in [7, 11) is -11.1. The van der Waals surface area contributed by atoms with Crippen LogP contribution in [0.1, 0.15) is 12.6 Å². The Labute approximate surface area is 222 Å². The van der Waals surface area contributed by atoms with E-state index in [0.717, 1.165) is 10.9 Å². The standard InChI is InChI=1S/C17H27N5O16P2/c18-17-20-13-7(14(29)21-17)19-4-22(13)15-11(27)9(25)6(35-15)3-34-39(30,31)38-40(32,33)37-16-12(28)10(26)8(24)5(36-16)1-2-23/h4-6,8-12,15-16,23-28H,1-3H2,(H,30,31)(H,32,33)(H3,18,20,21,29)/t5-,6+,8+,9+,10+,11+,12-,15+,16+/m0/s1. The van der Waals surface area contributed by atoms with Gasteiger partial charge >= 0.3 is 15.6 Å². The van der Waals surface area contributed by atoms with E-state index in [-0.39, 0.29) is 23.5 Å². The van der Waals surface area contributed by atoms with Crippen LogP contribution in [0.5, 0.6) is 0 Å². The maximum Gasteiger partial charge on any atom is 0.483 e. The highest BCUT2D eigenvalue weighted by molar-refractivity contribution is 7.61. The zero-order chi connectivity index (χ0) is 29.6. The first-order valence-corrected chi connectivity index (χ1v) is 14.4. The molecular formula is C17H27N5O16P2. The summed E-state index contributed by atoms with van der Waals surface area (Å²) in [5.41, 5.74) is 4.56. The number of aromatic nitrogens is 4. The Kier molecular flexibility index (Phi) is 9.13. The number of phosphoric acid groups is 2. The fraction of sp³-hybridized carbons (Fsp3) is 0.706. The number of aliphatic hydroxyl groups excluding tert-OH is 6. The zero-order valence-corrected chi connectivity index (χ0v) is 21.8. The van der Waals surface area contributed by atoms with Gasteiger partial charge in [0, 0.05) is 6.61 Å². The van der Waals surface area contributed by atoms with Crippen LogP contribution >= 0.6 is 15.6 Å². The highest BCUT2D eigenvalue weighted by Gasteiger charge is 2.49. The summed E-state index contributed by atoms with van der Waals surface area (Å²) >= 11 is 0. The van der Waals surface area contributed by atoms with Crippen molar-refractivity contribution in [2.45, 2.75) is 61.7 Å². The summed E-state index contributed by atoms with van der Waals surface area (Å²) in [5, 5.41) is 59.5. The minimum Gasteiger partial charge on any atom is -0.396 e. The van der Waals surface area contributed by atoms with Gasteiger partial charge in [-0.3, -0.25) is 23.4 Å². The van der Waals surface area contributed by atoms with Crippen LogP contribution in [-0.2, 0) is 32.0 Å². The van der Waals surface area contributed by atoms with E-state index in [2.05, 4.69) is 28.3 Å². The van der Waals surface area contributed by atoms with Crippen LogP contribution in [0, 0.1) is 0 Å². The number of nitrogens with one attached hydrogen (secondary N) is 1. The molecule has 2 aliphatic heterocycles. The molecule has 2 unspecified atom stereocenters. The topological polar surface area (TPSA) is 332 Å². The second-order valence-electron chi connectivity index (χ2n) is 8.77. The molecule has 2 saturated heterocycles. The number of aliphatic hydroxyl groups is 6. The number of aromatic amines is 1. The van der Waals surface area contributed by atoms with E-state index in [0.29, 0.717) is 0 Å². The quantitative estimate of drug-likeness (QED) is 0.113. The molecule has 0 amide bonds. The minimum absolute atomic E-state index is 0.111. The number of hydrogen-bond acceptors (Lipinski definition) is 17. The normalized spacial score (nSPS) is 36.0. The Morgan fingerprint density at radius 2 is 1.68 bits per heavy atom. The van der Waals surface area contributed by atoms with Crippen molar-refractivity contribution in [1.29, 1.82) is 0 Å². The maximum atomic E-state index is 12.3. The Bertz CT molecular complexity index is 1360. The number of ether oxygens (including phenoxy) is 2. The summed E-state index contributed by atoms with van der Waals surface area (Å²) < 4.78 is 49.6. The van der Waals surface area contributed by atoms with Crippen LogP contribution in [0.25, 0.3) is 11.2 Å². The monoisotopic (exact) mass is 619 g/mol. The van der Waals surface area contributed by atoms with E-state index in [4.69, 9.17) is 20.3 Å². The van der Waals surface area contributed by atoms with Gasteiger partial charge in [-0.15, -0.1) is 0 Å². The van der Waals surface area contributed by atoms with Crippen molar-refractivity contribution in [3.05, 3.63) is 16.7 Å².